The smallest absolute Gasteiger partial charge is 0.307 e. The van der Waals surface area contributed by atoms with E-state index in [1.54, 1.807) is 13.0 Å². The van der Waals surface area contributed by atoms with E-state index in [4.69, 9.17) is 10.8 Å². The van der Waals surface area contributed by atoms with Gasteiger partial charge in [0.25, 0.3) is 0 Å². The summed E-state index contributed by atoms with van der Waals surface area (Å²) in [6.45, 7) is 1.76. The van der Waals surface area contributed by atoms with Crippen LogP contribution in [0.2, 0.25) is 0 Å². The van der Waals surface area contributed by atoms with Crippen molar-refractivity contribution in [2.24, 2.45) is 0 Å². The number of aromatic nitrogens is 1. The second-order valence-corrected chi connectivity index (χ2v) is 2.55. The van der Waals surface area contributed by atoms with E-state index in [1.165, 1.54) is 6.20 Å². The van der Waals surface area contributed by atoms with E-state index < -0.39 is 5.97 Å². The average molecular weight is 166 g/mol. The molecule has 0 amide bonds. The topological polar surface area (TPSA) is 76.2 Å². The van der Waals surface area contributed by atoms with Crippen LogP contribution >= 0.6 is 0 Å². The first-order chi connectivity index (χ1) is 5.61. The highest BCUT2D eigenvalue weighted by Crippen LogP contribution is 2.12. The molecule has 1 heterocycles. The van der Waals surface area contributed by atoms with Crippen LogP contribution in [0.25, 0.3) is 0 Å². The number of carboxylic acid groups (broad SMARTS) is 1. The Morgan fingerprint density at radius 3 is 3.00 bits per heavy atom. The van der Waals surface area contributed by atoms with Crippen LogP contribution in [0.5, 0.6) is 0 Å². The van der Waals surface area contributed by atoms with Gasteiger partial charge in [0, 0.05) is 6.20 Å². The Kier molecular flexibility index (Phi) is 2.28. The first kappa shape index (κ1) is 8.52. The summed E-state index contributed by atoms with van der Waals surface area (Å²) in [7, 11) is 0. The highest BCUT2D eigenvalue weighted by Gasteiger charge is 2.05. The minimum absolute atomic E-state index is 0.00144. The molecule has 0 aliphatic rings. The van der Waals surface area contributed by atoms with Gasteiger partial charge in [-0.15, -0.1) is 0 Å². The molecule has 0 aliphatic carbocycles. The van der Waals surface area contributed by atoms with E-state index in [2.05, 4.69) is 4.98 Å². The molecule has 0 atom stereocenters. The maximum absolute atomic E-state index is 10.4. The summed E-state index contributed by atoms with van der Waals surface area (Å²) in [5, 5.41) is 8.52. The molecular weight excluding hydrogens is 156 g/mol. The maximum Gasteiger partial charge on any atom is 0.307 e. The lowest BCUT2D eigenvalue weighted by Crippen LogP contribution is -2.04. The van der Waals surface area contributed by atoms with Crippen LogP contribution in [0.4, 0.5) is 5.82 Å². The van der Waals surface area contributed by atoms with Crippen molar-refractivity contribution in [2.75, 3.05) is 5.73 Å². The van der Waals surface area contributed by atoms with E-state index in [0.717, 1.165) is 11.1 Å². The molecule has 4 nitrogen and oxygen atoms in total. The number of nitrogens with two attached hydrogens (primary N) is 1. The fraction of sp³-hybridized carbons (Fsp3) is 0.250. The number of nitrogen functional groups attached to an aromatic ring is 1. The van der Waals surface area contributed by atoms with Crippen molar-refractivity contribution < 1.29 is 9.90 Å². The van der Waals surface area contributed by atoms with Crippen LogP contribution < -0.4 is 5.73 Å². The van der Waals surface area contributed by atoms with Crippen LogP contribution in [0, 0.1) is 6.92 Å². The number of nitrogens with zero attached hydrogens (tertiary/aromatic N) is 1. The zero-order valence-electron chi connectivity index (χ0n) is 6.74. The number of hydrogen-bond acceptors (Lipinski definition) is 3. The van der Waals surface area contributed by atoms with Gasteiger partial charge in [0.05, 0.1) is 6.42 Å². The maximum atomic E-state index is 10.4. The van der Waals surface area contributed by atoms with Crippen molar-refractivity contribution in [3.63, 3.8) is 0 Å². The molecule has 0 aromatic carbocycles. The first-order valence-electron chi connectivity index (χ1n) is 3.53. The van der Waals surface area contributed by atoms with E-state index in [-0.39, 0.29) is 6.42 Å². The summed E-state index contributed by atoms with van der Waals surface area (Å²) in [6.07, 6.45) is 1.51. The minimum Gasteiger partial charge on any atom is -0.481 e. The molecule has 0 bridgehead atoms. The summed E-state index contributed by atoms with van der Waals surface area (Å²) in [4.78, 5) is 14.2. The number of anilines is 1. The van der Waals surface area contributed by atoms with Crippen molar-refractivity contribution >= 4 is 11.8 Å². The van der Waals surface area contributed by atoms with Gasteiger partial charge in [0.15, 0.2) is 0 Å². The van der Waals surface area contributed by atoms with E-state index in [0.29, 0.717) is 5.82 Å². The van der Waals surface area contributed by atoms with E-state index in [9.17, 15) is 4.79 Å². The highest BCUT2D eigenvalue weighted by molar-refractivity contribution is 5.71. The third-order valence-electron chi connectivity index (χ3n) is 1.70. The van der Waals surface area contributed by atoms with Gasteiger partial charge in [0.1, 0.15) is 5.82 Å². The number of hydrogen-bond donors (Lipinski definition) is 2. The molecule has 64 valence electrons. The molecule has 0 aliphatic heterocycles. The van der Waals surface area contributed by atoms with Gasteiger partial charge in [-0.1, -0.05) is 0 Å². The molecule has 0 spiro atoms. The van der Waals surface area contributed by atoms with Gasteiger partial charge in [-0.25, -0.2) is 4.98 Å². The Morgan fingerprint density at radius 1 is 1.75 bits per heavy atom. The number of carbonyl (C=O) groups is 1. The molecule has 12 heavy (non-hydrogen) atoms. The summed E-state index contributed by atoms with van der Waals surface area (Å²) < 4.78 is 0. The second kappa shape index (κ2) is 3.21. The lowest BCUT2D eigenvalue weighted by atomic mass is 10.1. The van der Waals surface area contributed by atoms with Crippen LogP contribution in [0.15, 0.2) is 12.3 Å². The Morgan fingerprint density at radius 2 is 2.42 bits per heavy atom. The Bertz CT molecular complexity index is 310. The summed E-state index contributed by atoms with van der Waals surface area (Å²) in [5.41, 5.74) is 6.96. The standard InChI is InChI=1S/C8H10N2O2/c1-5-6(4-7(11)12)2-3-10-8(5)9/h2-3H,4H2,1H3,(H2,9,10)(H,11,12). The normalized spacial score (nSPS) is 9.75. The summed E-state index contributed by atoms with van der Waals surface area (Å²) in [5.74, 6) is -0.461. The van der Waals surface area contributed by atoms with Crippen molar-refractivity contribution in [3.05, 3.63) is 23.4 Å². The average Bonchev–Trinajstić information content (AvgIpc) is 1.98. The van der Waals surface area contributed by atoms with Crippen LogP contribution in [-0.2, 0) is 11.2 Å². The zero-order chi connectivity index (χ0) is 9.14. The van der Waals surface area contributed by atoms with Crippen molar-refractivity contribution in [2.45, 2.75) is 13.3 Å². The molecule has 0 radical (unpaired) electrons. The molecule has 3 N–H and O–H groups in total. The molecular formula is C8H10N2O2. The number of aliphatic carboxylic acids is 1. The highest BCUT2D eigenvalue weighted by atomic mass is 16.4. The van der Waals surface area contributed by atoms with Crippen molar-refractivity contribution in [3.8, 4) is 0 Å². The number of carboxylic acids is 1. The fourth-order valence-corrected chi connectivity index (χ4v) is 0.948. The van der Waals surface area contributed by atoms with E-state index in [1.807, 2.05) is 0 Å². The van der Waals surface area contributed by atoms with Gasteiger partial charge in [0.2, 0.25) is 0 Å². The Balaban J connectivity index is 3.00. The Hall–Kier alpha value is -1.58. The predicted octanol–water partition coefficient (Wildman–Crippen LogP) is 0.599. The van der Waals surface area contributed by atoms with Crippen molar-refractivity contribution in [1.29, 1.82) is 0 Å². The van der Waals surface area contributed by atoms with Gasteiger partial charge < -0.3 is 10.8 Å². The quantitative estimate of drug-likeness (QED) is 0.674. The number of rotatable bonds is 2. The molecule has 4 heteroatoms. The summed E-state index contributed by atoms with van der Waals surface area (Å²) >= 11 is 0. The van der Waals surface area contributed by atoms with Crippen LogP contribution in [0.1, 0.15) is 11.1 Å². The molecule has 0 saturated carbocycles. The van der Waals surface area contributed by atoms with E-state index >= 15 is 0 Å². The third kappa shape index (κ3) is 1.72. The molecule has 0 unspecified atom stereocenters. The van der Waals surface area contributed by atoms with Crippen LogP contribution in [-0.4, -0.2) is 16.1 Å². The molecule has 0 fully saturated rings. The SMILES string of the molecule is Cc1c(CC(=O)O)ccnc1N. The number of pyridine rings is 1. The largest absolute Gasteiger partial charge is 0.481 e. The summed E-state index contributed by atoms with van der Waals surface area (Å²) in [6, 6.07) is 1.67. The van der Waals surface area contributed by atoms with Gasteiger partial charge >= 0.3 is 5.97 Å². The third-order valence-corrected chi connectivity index (χ3v) is 1.70. The lowest BCUT2D eigenvalue weighted by Gasteiger charge is -2.03. The molecule has 1 aromatic heterocycles. The zero-order valence-corrected chi connectivity index (χ0v) is 6.74. The van der Waals surface area contributed by atoms with Gasteiger partial charge in [-0.3, -0.25) is 4.79 Å². The molecule has 0 saturated heterocycles. The minimum atomic E-state index is -0.858. The fourth-order valence-electron chi connectivity index (χ4n) is 0.948. The monoisotopic (exact) mass is 166 g/mol. The predicted molar refractivity (Wildman–Crippen MR) is 44.7 cm³/mol. The first-order valence-corrected chi connectivity index (χ1v) is 3.53. The molecule has 1 aromatic rings. The van der Waals surface area contributed by atoms with Crippen LogP contribution in [0.3, 0.4) is 0 Å². The van der Waals surface area contributed by atoms with Crippen molar-refractivity contribution in [1.82, 2.24) is 4.98 Å². The Labute approximate surface area is 70.0 Å². The lowest BCUT2D eigenvalue weighted by molar-refractivity contribution is -0.136. The molecule has 1 rings (SSSR count). The van der Waals surface area contributed by atoms with Gasteiger partial charge in [-0.05, 0) is 24.1 Å². The van der Waals surface area contributed by atoms with Gasteiger partial charge in [-0.2, -0.15) is 0 Å². The second-order valence-electron chi connectivity index (χ2n) is 2.55.